The topological polar surface area (TPSA) is 49.4 Å². The third-order valence-electron chi connectivity index (χ3n) is 3.44. The van der Waals surface area contributed by atoms with Gasteiger partial charge in [0.25, 0.3) is 0 Å². The molecular formula is C13H19FN2O2S. The quantitative estimate of drug-likeness (QED) is 0.896. The number of hydrogen-bond donors (Lipinski definition) is 1. The highest BCUT2D eigenvalue weighted by atomic mass is 32.2. The molecule has 2 rings (SSSR count). The van der Waals surface area contributed by atoms with Gasteiger partial charge in [0.15, 0.2) is 0 Å². The predicted octanol–water partition coefficient (Wildman–Crippen LogP) is 1.51. The van der Waals surface area contributed by atoms with Gasteiger partial charge in [0, 0.05) is 25.2 Å². The van der Waals surface area contributed by atoms with Gasteiger partial charge >= 0.3 is 0 Å². The Bertz CT molecular complexity index is 584. The highest BCUT2D eigenvalue weighted by Gasteiger charge is 2.39. The van der Waals surface area contributed by atoms with Crippen LogP contribution < -0.4 is 5.32 Å². The fraction of sp³-hybridized carbons (Fsp3) is 0.538. The van der Waals surface area contributed by atoms with E-state index in [0.717, 1.165) is 6.07 Å². The van der Waals surface area contributed by atoms with Gasteiger partial charge in [-0.05, 0) is 38.5 Å². The molecule has 1 heterocycles. The Morgan fingerprint density at radius 3 is 2.68 bits per heavy atom. The molecule has 19 heavy (non-hydrogen) atoms. The number of piperazine rings is 1. The smallest absolute Gasteiger partial charge is 0.244 e. The number of rotatable bonds is 2. The minimum atomic E-state index is -3.67. The summed E-state index contributed by atoms with van der Waals surface area (Å²) in [5.74, 6) is -0.530. The van der Waals surface area contributed by atoms with Crippen molar-refractivity contribution in [1.82, 2.24) is 9.62 Å². The van der Waals surface area contributed by atoms with Crippen LogP contribution in [-0.4, -0.2) is 37.9 Å². The number of hydrogen-bond acceptors (Lipinski definition) is 3. The molecule has 1 aromatic carbocycles. The van der Waals surface area contributed by atoms with Crippen molar-refractivity contribution in [3.63, 3.8) is 0 Å². The monoisotopic (exact) mass is 286 g/mol. The maximum Gasteiger partial charge on any atom is 0.244 e. The van der Waals surface area contributed by atoms with Crippen molar-refractivity contribution in [1.29, 1.82) is 0 Å². The van der Waals surface area contributed by atoms with Gasteiger partial charge in [-0.15, -0.1) is 0 Å². The molecule has 1 N–H and O–H groups in total. The summed E-state index contributed by atoms with van der Waals surface area (Å²) in [6, 6.07) is 3.87. The van der Waals surface area contributed by atoms with Crippen LogP contribution in [0.25, 0.3) is 0 Å². The molecule has 0 radical (unpaired) electrons. The minimum Gasteiger partial charge on any atom is -0.314 e. The van der Waals surface area contributed by atoms with Crippen LogP contribution in [0.1, 0.15) is 19.4 Å². The van der Waals surface area contributed by atoms with Gasteiger partial charge in [0.05, 0.1) is 4.90 Å². The second-order valence-electron chi connectivity index (χ2n) is 5.48. The van der Waals surface area contributed by atoms with E-state index in [1.54, 1.807) is 6.92 Å². The zero-order valence-corrected chi connectivity index (χ0v) is 12.2. The summed E-state index contributed by atoms with van der Waals surface area (Å²) in [5, 5.41) is 3.17. The summed E-state index contributed by atoms with van der Waals surface area (Å²) >= 11 is 0. The lowest BCUT2D eigenvalue weighted by molar-refractivity contribution is 0.186. The second-order valence-corrected chi connectivity index (χ2v) is 7.31. The van der Waals surface area contributed by atoms with E-state index in [4.69, 9.17) is 0 Å². The van der Waals surface area contributed by atoms with Gasteiger partial charge in [0.1, 0.15) is 5.82 Å². The Hall–Kier alpha value is -0.980. The molecule has 0 saturated carbocycles. The van der Waals surface area contributed by atoms with Gasteiger partial charge in [-0.1, -0.05) is 6.07 Å². The van der Waals surface area contributed by atoms with Gasteiger partial charge in [-0.2, -0.15) is 4.31 Å². The molecule has 0 aliphatic carbocycles. The predicted molar refractivity (Wildman–Crippen MR) is 72.0 cm³/mol. The molecule has 6 heteroatoms. The summed E-state index contributed by atoms with van der Waals surface area (Å²) < 4.78 is 40.2. The van der Waals surface area contributed by atoms with Gasteiger partial charge in [-0.25, -0.2) is 12.8 Å². The summed E-state index contributed by atoms with van der Waals surface area (Å²) in [7, 11) is -3.67. The number of aryl methyl sites for hydroxylation is 1. The summed E-state index contributed by atoms with van der Waals surface area (Å²) in [6.07, 6.45) is 0. The Morgan fingerprint density at radius 2 is 2.05 bits per heavy atom. The largest absolute Gasteiger partial charge is 0.314 e. The molecule has 0 atom stereocenters. The number of nitrogens with zero attached hydrogens (tertiary/aromatic N) is 1. The van der Waals surface area contributed by atoms with Crippen LogP contribution in [-0.2, 0) is 10.0 Å². The maximum absolute atomic E-state index is 13.3. The fourth-order valence-electron chi connectivity index (χ4n) is 2.38. The summed E-state index contributed by atoms with van der Waals surface area (Å²) in [4.78, 5) is 0.0578. The third kappa shape index (κ3) is 2.66. The highest BCUT2D eigenvalue weighted by molar-refractivity contribution is 7.89. The molecule has 0 spiro atoms. The van der Waals surface area contributed by atoms with Crippen LogP contribution in [0.2, 0.25) is 0 Å². The summed E-state index contributed by atoms with van der Waals surface area (Å²) in [5.41, 5.74) is 0.0475. The first-order valence-corrected chi connectivity index (χ1v) is 7.69. The molecule has 1 aromatic rings. The standard InChI is InChI=1S/C13H19FN2O2S/c1-10-4-5-11(14)8-12(10)19(17,18)16-7-6-15-9-13(16,2)3/h4-5,8,15H,6-7,9H2,1-3H3. The van der Waals surface area contributed by atoms with Gasteiger partial charge in [0.2, 0.25) is 10.0 Å². The van der Waals surface area contributed by atoms with Crippen molar-refractivity contribution in [2.75, 3.05) is 19.6 Å². The Balaban J connectivity index is 2.50. The van der Waals surface area contributed by atoms with Crippen molar-refractivity contribution >= 4 is 10.0 Å². The fourth-order valence-corrected chi connectivity index (χ4v) is 4.40. The Morgan fingerprint density at radius 1 is 1.37 bits per heavy atom. The molecular weight excluding hydrogens is 267 g/mol. The lowest BCUT2D eigenvalue weighted by Crippen LogP contribution is -2.59. The molecule has 106 valence electrons. The maximum atomic E-state index is 13.3. The van der Waals surface area contributed by atoms with Crippen LogP contribution >= 0.6 is 0 Å². The average Bonchev–Trinajstić information content (AvgIpc) is 2.31. The lowest BCUT2D eigenvalue weighted by Gasteiger charge is -2.41. The third-order valence-corrected chi connectivity index (χ3v) is 5.70. The molecule has 0 amide bonds. The molecule has 0 bridgehead atoms. The van der Waals surface area contributed by atoms with Crippen molar-refractivity contribution < 1.29 is 12.8 Å². The van der Waals surface area contributed by atoms with E-state index in [1.807, 2.05) is 13.8 Å². The van der Waals surface area contributed by atoms with Gasteiger partial charge < -0.3 is 5.32 Å². The lowest BCUT2D eigenvalue weighted by atomic mass is 10.0. The minimum absolute atomic E-state index is 0.0578. The Labute approximate surface area is 113 Å². The first-order valence-electron chi connectivity index (χ1n) is 6.25. The van der Waals surface area contributed by atoms with E-state index in [0.29, 0.717) is 25.2 Å². The van der Waals surface area contributed by atoms with E-state index < -0.39 is 21.4 Å². The SMILES string of the molecule is Cc1ccc(F)cc1S(=O)(=O)N1CCNCC1(C)C. The van der Waals surface area contributed by atoms with Crippen LogP contribution in [0, 0.1) is 12.7 Å². The number of sulfonamides is 1. The van der Waals surface area contributed by atoms with Crippen molar-refractivity contribution in [2.45, 2.75) is 31.2 Å². The molecule has 1 fully saturated rings. The van der Waals surface area contributed by atoms with E-state index >= 15 is 0 Å². The number of nitrogens with one attached hydrogen (secondary N) is 1. The van der Waals surface area contributed by atoms with Crippen molar-refractivity contribution in [3.05, 3.63) is 29.6 Å². The average molecular weight is 286 g/mol. The number of halogens is 1. The molecule has 1 aliphatic heterocycles. The van der Waals surface area contributed by atoms with Crippen LogP contribution in [0.5, 0.6) is 0 Å². The van der Waals surface area contributed by atoms with Crippen molar-refractivity contribution in [3.8, 4) is 0 Å². The van der Waals surface area contributed by atoms with Gasteiger partial charge in [-0.3, -0.25) is 0 Å². The first kappa shape index (κ1) is 14.4. The van der Waals surface area contributed by atoms with E-state index in [-0.39, 0.29) is 4.90 Å². The van der Waals surface area contributed by atoms with Crippen molar-refractivity contribution in [2.24, 2.45) is 0 Å². The Kier molecular flexibility index (Phi) is 3.68. The zero-order valence-electron chi connectivity index (χ0n) is 11.4. The van der Waals surface area contributed by atoms with Crippen LogP contribution in [0.4, 0.5) is 4.39 Å². The molecule has 1 saturated heterocycles. The second kappa shape index (κ2) is 4.85. The van der Waals surface area contributed by atoms with E-state index in [9.17, 15) is 12.8 Å². The zero-order chi connectivity index (χ0) is 14.3. The first-order chi connectivity index (χ1) is 8.75. The molecule has 0 unspecified atom stereocenters. The van der Waals surface area contributed by atoms with Crippen LogP contribution in [0.3, 0.4) is 0 Å². The summed E-state index contributed by atoms with van der Waals surface area (Å²) in [6.45, 7) is 7.00. The van der Waals surface area contributed by atoms with Crippen LogP contribution in [0.15, 0.2) is 23.1 Å². The number of benzene rings is 1. The highest BCUT2D eigenvalue weighted by Crippen LogP contribution is 2.28. The normalized spacial score (nSPS) is 20.4. The molecule has 1 aliphatic rings. The molecule has 0 aromatic heterocycles. The molecule has 4 nitrogen and oxygen atoms in total. The van der Waals surface area contributed by atoms with E-state index in [1.165, 1.54) is 16.4 Å². The van der Waals surface area contributed by atoms with E-state index in [2.05, 4.69) is 5.32 Å².